The molecule has 0 aromatic heterocycles. The largest absolute Gasteiger partial charge is 0.508 e. The molecule has 0 spiro atoms. The van der Waals surface area contributed by atoms with Crippen LogP contribution in [-0.2, 0) is 27.2 Å². The Bertz CT molecular complexity index is 1190. The highest BCUT2D eigenvalue weighted by Crippen LogP contribution is 2.30. The van der Waals surface area contributed by atoms with E-state index < -0.39 is 35.8 Å². The van der Waals surface area contributed by atoms with Crippen LogP contribution in [0.2, 0.25) is 0 Å². The zero-order valence-corrected chi connectivity index (χ0v) is 22.6. The summed E-state index contributed by atoms with van der Waals surface area (Å²) < 4.78 is 0. The number of nitrogens with one attached hydrogen (secondary N) is 3. The van der Waals surface area contributed by atoms with E-state index in [4.69, 9.17) is 22.9 Å². The zero-order valence-electron chi connectivity index (χ0n) is 22.6. The van der Waals surface area contributed by atoms with Gasteiger partial charge in [0, 0.05) is 25.4 Å². The molecule has 218 valence electrons. The molecule has 0 fully saturated rings. The summed E-state index contributed by atoms with van der Waals surface area (Å²) in [4.78, 5) is 39.7. The number of hydrogen-bond donors (Lipinski definition) is 9. The average Bonchev–Trinajstić information content (AvgIpc) is 2.94. The van der Waals surface area contributed by atoms with E-state index >= 15 is 0 Å². The topological polar surface area (TPSA) is 232 Å². The van der Waals surface area contributed by atoms with E-state index in [1.165, 1.54) is 12.1 Å². The van der Waals surface area contributed by atoms with E-state index in [0.717, 1.165) is 0 Å². The number of nitrogens with two attached hydrogens (primary N) is 4. The first kappa shape index (κ1) is 30.8. The molecule has 1 aliphatic rings. The van der Waals surface area contributed by atoms with Crippen molar-refractivity contribution in [2.45, 2.75) is 62.7 Å². The quantitative estimate of drug-likeness (QED) is 0.186. The molecule has 2 aromatic carbocycles. The molecule has 1 heterocycles. The van der Waals surface area contributed by atoms with Crippen LogP contribution in [0.15, 0.2) is 36.4 Å². The van der Waals surface area contributed by atoms with Crippen LogP contribution in [0.5, 0.6) is 11.5 Å². The van der Waals surface area contributed by atoms with E-state index in [2.05, 4.69) is 16.0 Å². The third-order valence-electron chi connectivity index (χ3n) is 6.97. The molecule has 3 rings (SSSR count). The van der Waals surface area contributed by atoms with Gasteiger partial charge in [0.05, 0.1) is 6.04 Å². The Hall–Kier alpha value is -3.71. The molecule has 40 heavy (non-hydrogen) atoms. The molecule has 1 aliphatic heterocycles. The monoisotopic (exact) mass is 555 g/mol. The highest BCUT2D eigenvalue weighted by atomic mass is 16.3. The fourth-order valence-corrected chi connectivity index (χ4v) is 4.59. The number of fused-ring (bicyclic) bond motifs is 5. The fourth-order valence-electron chi connectivity index (χ4n) is 4.59. The van der Waals surface area contributed by atoms with Crippen molar-refractivity contribution in [3.05, 3.63) is 47.5 Å². The second-order valence-corrected chi connectivity index (χ2v) is 10.2. The minimum absolute atomic E-state index is 0.0193. The van der Waals surface area contributed by atoms with E-state index in [1.54, 1.807) is 24.3 Å². The van der Waals surface area contributed by atoms with Gasteiger partial charge in [0.2, 0.25) is 17.7 Å². The summed E-state index contributed by atoms with van der Waals surface area (Å²) in [5.74, 6) is -1.72. The first-order valence-electron chi connectivity index (χ1n) is 13.6. The third-order valence-corrected chi connectivity index (χ3v) is 6.97. The molecule has 12 nitrogen and oxygen atoms in total. The molecule has 12 heteroatoms. The Balaban J connectivity index is 2.01. The van der Waals surface area contributed by atoms with Gasteiger partial charge in [-0.1, -0.05) is 12.1 Å². The molecule has 0 radical (unpaired) electrons. The molecule has 0 saturated carbocycles. The van der Waals surface area contributed by atoms with Crippen LogP contribution < -0.4 is 38.9 Å². The van der Waals surface area contributed by atoms with Crippen LogP contribution >= 0.6 is 0 Å². The van der Waals surface area contributed by atoms with Crippen molar-refractivity contribution < 1.29 is 24.6 Å². The summed E-state index contributed by atoms with van der Waals surface area (Å²) in [6.45, 7) is 0.950. The lowest BCUT2D eigenvalue weighted by Crippen LogP contribution is -2.57. The Labute approximate surface area is 233 Å². The summed E-state index contributed by atoms with van der Waals surface area (Å²) in [5.41, 5.74) is 25.8. The molecular formula is C28H41N7O5. The van der Waals surface area contributed by atoms with Crippen molar-refractivity contribution in [3.63, 3.8) is 0 Å². The molecular weight excluding hydrogens is 514 g/mol. The highest BCUT2D eigenvalue weighted by Gasteiger charge is 2.29. The van der Waals surface area contributed by atoms with Crippen LogP contribution in [0.25, 0.3) is 11.1 Å². The fraction of sp³-hybridized carbons (Fsp3) is 0.464. The molecule has 4 bridgehead atoms. The number of aromatic hydroxyl groups is 2. The summed E-state index contributed by atoms with van der Waals surface area (Å²) >= 11 is 0. The Morgan fingerprint density at radius 3 is 2.12 bits per heavy atom. The number of phenols is 2. The highest BCUT2D eigenvalue weighted by molar-refractivity contribution is 5.93. The standard InChI is InChI=1S/C28H41N7O5/c29-9-1-3-20(31)15-33-27(39)23-14-19-12-17(6-8-25(19)37)16-5-7-24(36)18(11-16)13-21(32)26(38)34-22(4-2-10-30)28(40)35-23/h5-8,11-12,20-23,36-37H,1-4,9-10,13-15,29-32H2,(H,33,39)(H,34,38)(H,35,40)/t20-,21+,22+,23+/m1/s1. The van der Waals surface area contributed by atoms with Gasteiger partial charge in [0.15, 0.2) is 0 Å². The van der Waals surface area contributed by atoms with Gasteiger partial charge in [0.25, 0.3) is 0 Å². The maximum absolute atomic E-state index is 13.4. The molecule has 3 amide bonds. The first-order valence-corrected chi connectivity index (χ1v) is 13.6. The van der Waals surface area contributed by atoms with Gasteiger partial charge in [-0.3, -0.25) is 14.4 Å². The minimum Gasteiger partial charge on any atom is -0.508 e. The molecule has 0 aliphatic carbocycles. The summed E-state index contributed by atoms with van der Waals surface area (Å²) in [6, 6.07) is 6.42. The second kappa shape index (κ2) is 14.6. The Morgan fingerprint density at radius 1 is 0.925 bits per heavy atom. The predicted octanol–water partition coefficient (Wildman–Crippen LogP) is -0.918. The lowest BCUT2D eigenvalue weighted by Gasteiger charge is -2.25. The van der Waals surface area contributed by atoms with Crippen molar-refractivity contribution in [2.24, 2.45) is 22.9 Å². The van der Waals surface area contributed by atoms with Gasteiger partial charge in [-0.15, -0.1) is 0 Å². The van der Waals surface area contributed by atoms with Crippen molar-refractivity contribution in [2.75, 3.05) is 19.6 Å². The number of benzene rings is 2. The predicted molar refractivity (Wildman–Crippen MR) is 152 cm³/mol. The van der Waals surface area contributed by atoms with Crippen LogP contribution in [0.1, 0.15) is 36.8 Å². The number of phenolic OH excluding ortho intramolecular Hbond substituents is 2. The third kappa shape index (κ3) is 8.39. The van der Waals surface area contributed by atoms with E-state index in [9.17, 15) is 24.6 Å². The van der Waals surface area contributed by atoms with Gasteiger partial charge in [-0.2, -0.15) is 0 Å². The SMILES string of the molecule is NCCC[C@@H](N)CNC(=O)[C@@H]1Cc2cc(ccc2O)-c2ccc(O)c(c2)C[C@H](N)C(=O)N[C@@H](CCCN)C(=O)N1. The summed E-state index contributed by atoms with van der Waals surface area (Å²) in [6.07, 6.45) is 1.99. The maximum atomic E-state index is 13.4. The van der Waals surface area contributed by atoms with E-state index in [-0.39, 0.29) is 49.9 Å². The number of carbonyl (C=O) groups excluding carboxylic acids is 3. The zero-order chi connectivity index (χ0) is 29.2. The van der Waals surface area contributed by atoms with Crippen molar-refractivity contribution in [1.29, 1.82) is 0 Å². The smallest absolute Gasteiger partial charge is 0.243 e. The number of amides is 3. The van der Waals surface area contributed by atoms with Gasteiger partial charge in [-0.25, -0.2) is 0 Å². The van der Waals surface area contributed by atoms with Gasteiger partial charge >= 0.3 is 0 Å². The van der Waals surface area contributed by atoms with Gasteiger partial charge < -0.3 is 49.1 Å². The molecule has 13 N–H and O–H groups in total. The summed E-state index contributed by atoms with van der Waals surface area (Å²) in [5, 5.41) is 29.3. The van der Waals surface area contributed by atoms with Crippen molar-refractivity contribution in [1.82, 2.24) is 16.0 Å². The number of carbonyl (C=O) groups is 3. The van der Waals surface area contributed by atoms with Crippen LogP contribution in [0.3, 0.4) is 0 Å². The maximum Gasteiger partial charge on any atom is 0.243 e. The molecule has 0 saturated heterocycles. The first-order chi connectivity index (χ1) is 19.1. The lowest BCUT2D eigenvalue weighted by molar-refractivity contribution is -0.132. The lowest BCUT2D eigenvalue weighted by atomic mass is 9.95. The average molecular weight is 556 g/mol. The minimum atomic E-state index is -1.08. The van der Waals surface area contributed by atoms with E-state index in [0.29, 0.717) is 48.1 Å². The Morgan fingerprint density at radius 2 is 1.52 bits per heavy atom. The van der Waals surface area contributed by atoms with Gasteiger partial charge in [-0.05, 0) is 85.3 Å². The molecule has 0 unspecified atom stereocenters. The van der Waals surface area contributed by atoms with Crippen LogP contribution in [-0.4, -0.2) is 71.7 Å². The number of hydrogen-bond acceptors (Lipinski definition) is 9. The van der Waals surface area contributed by atoms with Crippen LogP contribution in [0, 0.1) is 0 Å². The second-order valence-electron chi connectivity index (χ2n) is 10.2. The molecule has 2 aromatic rings. The Kier molecular flexibility index (Phi) is 11.3. The van der Waals surface area contributed by atoms with Crippen LogP contribution in [0.4, 0.5) is 0 Å². The number of rotatable bonds is 9. The van der Waals surface area contributed by atoms with Crippen molar-refractivity contribution >= 4 is 17.7 Å². The summed E-state index contributed by atoms with van der Waals surface area (Å²) in [7, 11) is 0. The van der Waals surface area contributed by atoms with E-state index in [1.807, 2.05) is 0 Å². The normalized spacial score (nSPS) is 20.4. The molecule has 4 atom stereocenters. The van der Waals surface area contributed by atoms with Gasteiger partial charge in [0.1, 0.15) is 23.6 Å². The van der Waals surface area contributed by atoms with Crippen molar-refractivity contribution in [3.8, 4) is 22.6 Å².